The van der Waals surface area contributed by atoms with Crippen LogP contribution in [0, 0.1) is 0 Å². The highest BCUT2D eigenvalue weighted by Gasteiger charge is 1.94. The molecule has 1 heterocycles. The Morgan fingerprint density at radius 3 is 3.07 bits per heavy atom. The average Bonchev–Trinajstić information content (AvgIpc) is 2.66. The van der Waals surface area contributed by atoms with E-state index in [0.29, 0.717) is 5.11 Å². The van der Waals surface area contributed by atoms with Gasteiger partial charge >= 0.3 is 0 Å². The van der Waals surface area contributed by atoms with Gasteiger partial charge in [-0.15, -0.1) is 0 Å². The molecule has 0 fully saturated rings. The quantitative estimate of drug-likeness (QED) is 0.460. The lowest BCUT2D eigenvalue weighted by atomic mass is 10.4. The molecular formula is C10H16N4S. The van der Waals surface area contributed by atoms with Crippen molar-refractivity contribution >= 4 is 23.5 Å². The van der Waals surface area contributed by atoms with Crippen molar-refractivity contribution in [2.45, 2.75) is 20.4 Å². The first-order valence-electron chi connectivity index (χ1n) is 5.00. The minimum absolute atomic E-state index is 0.545. The molecule has 0 atom stereocenters. The summed E-state index contributed by atoms with van der Waals surface area (Å²) in [7, 11) is 0. The lowest BCUT2D eigenvalue weighted by Crippen LogP contribution is -2.31. The Hall–Kier alpha value is -1.36. The van der Waals surface area contributed by atoms with E-state index in [1.165, 1.54) is 0 Å². The van der Waals surface area contributed by atoms with Gasteiger partial charge in [0.1, 0.15) is 0 Å². The van der Waals surface area contributed by atoms with Gasteiger partial charge in [-0.3, -0.25) is 5.43 Å². The number of nitrogens with zero attached hydrogens (tertiary/aromatic N) is 2. The predicted molar refractivity (Wildman–Crippen MR) is 67.1 cm³/mol. The fraction of sp³-hybridized carbons (Fsp3) is 0.400. The van der Waals surface area contributed by atoms with Gasteiger partial charge in [0.25, 0.3) is 0 Å². The number of thiocarbonyl (C=S) groups is 1. The molecule has 1 aromatic heterocycles. The monoisotopic (exact) mass is 224 g/mol. The van der Waals surface area contributed by atoms with Crippen molar-refractivity contribution in [1.82, 2.24) is 15.3 Å². The number of hydrogen-bond donors (Lipinski definition) is 2. The third-order valence-corrected chi connectivity index (χ3v) is 2.14. The van der Waals surface area contributed by atoms with Crippen LogP contribution in [0.15, 0.2) is 23.4 Å². The number of rotatable bonds is 4. The second kappa shape index (κ2) is 6.19. The SMILES string of the molecule is CCNC(=S)N/N=C\c1cccn1CC. The molecule has 5 heteroatoms. The highest BCUT2D eigenvalue weighted by Crippen LogP contribution is 1.97. The largest absolute Gasteiger partial charge is 0.362 e. The highest BCUT2D eigenvalue weighted by atomic mass is 32.1. The fourth-order valence-corrected chi connectivity index (χ4v) is 1.39. The average molecular weight is 224 g/mol. The third-order valence-electron chi connectivity index (χ3n) is 1.91. The summed E-state index contributed by atoms with van der Waals surface area (Å²) in [6, 6.07) is 4.00. The molecule has 0 aliphatic heterocycles. The van der Waals surface area contributed by atoms with Crippen molar-refractivity contribution in [3.63, 3.8) is 0 Å². The summed E-state index contributed by atoms with van der Waals surface area (Å²) in [6.45, 7) is 5.81. The van der Waals surface area contributed by atoms with Crippen molar-refractivity contribution < 1.29 is 0 Å². The van der Waals surface area contributed by atoms with Gasteiger partial charge in [0, 0.05) is 19.3 Å². The molecule has 82 valence electrons. The van der Waals surface area contributed by atoms with E-state index in [-0.39, 0.29) is 0 Å². The number of aryl methyl sites for hydroxylation is 1. The Bertz CT molecular complexity index is 343. The molecule has 1 rings (SSSR count). The molecule has 0 saturated heterocycles. The summed E-state index contributed by atoms with van der Waals surface area (Å²) >= 11 is 4.97. The molecular weight excluding hydrogens is 208 g/mol. The second-order valence-corrected chi connectivity index (χ2v) is 3.36. The summed E-state index contributed by atoms with van der Waals surface area (Å²) < 4.78 is 2.10. The smallest absolute Gasteiger partial charge is 0.186 e. The molecule has 0 aliphatic rings. The van der Waals surface area contributed by atoms with Gasteiger partial charge in [0.2, 0.25) is 0 Å². The van der Waals surface area contributed by atoms with Crippen molar-refractivity contribution in [3.8, 4) is 0 Å². The van der Waals surface area contributed by atoms with Gasteiger partial charge in [0.15, 0.2) is 5.11 Å². The van der Waals surface area contributed by atoms with Gasteiger partial charge in [-0.05, 0) is 38.2 Å². The van der Waals surface area contributed by atoms with E-state index in [0.717, 1.165) is 18.8 Å². The van der Waals surface area contributed by atoms with E-state index < -0.39 is 0 Å². The van der Waals surface area contributed by atoms with Crippen molar-refractivity contribution in [3.05, 3.63) is 24.0 Å². The Kier molecular flexibility index (Phi) is 4.83. The van der Waals surface area contributed by atoms with E-state index in [2.05, 4.69) is 27.3 Å². The Morgan fingerprint density at radius 1 is 1.60 bits per heavy atom. The van der Waals surface area contributed by atoms with Crippen LogP contribution in [0.4, 0.5) is 0 Å². The zero-order valence-corrected chi connectivity index (χ0v) is 9.84. The van der Waals surface area contributed by atoms with Crippen LogP contribution in [0.25, 0.3) is 0 Å². The minimum atomic E-state index is 0.545. The maximum Gasteiger partial charge on any atom is 0.186 e. The lowest BCUT2D eigenvalue weighted by molar-refractivity contribution is 0.762. The van der Waals surface area contributed by atoms with Crippen LogP contribution >= 0.6 is 12.2 Å². The first kappa shape index (κ1) is 11.7. The van der Waals surface area contributed by atoms with Crippen molar-refractivity contribution in [2.24, 2.45) is 5.10 Å². The summed E-state index contributed by atoms with van der Waals surface area (Å²) in [5.41, 5.74) is 3.81. The number of nitrogens with one attached hydrogen (secondary N) is 2. The number of hydrazone groups is 1. The fourth-order valence-electron chi connectivity index (χ4n) is 1.19. The Labute approximate surface area is 95.4 Å². The predicted octanol–water partition coefficient (Wildman–Crippen LogP) is 1.33. The van der Waals surface area contributed by atoms with Crippen LogP contribution in [0.2, 0.25) is 0 Å². The molecule has 15 heavy (non-hydrogen) atoms. The van der Waals surface area contributed by atoms with Crippen molar-refractivity contribution in [1.29, 1.82) is 0 Å². The molecule has 4 nitrogen and oxygen atoms in total. The maximum atomic E-state index is 4.97. The van der Waals surface area contributed by atoms with Gasteiger partial charge < -0.3 is 9.88 Å². The van der Waals surface area contributed by atoms with Crippen LogP contribution in [0.3, 0.4) is 0 Å². The Morgan fingerprint density at radius 2 is 2.40 bits per heavy atom. The van der Waals surface area contributed by atoms with Crippen LogP contribution < -0.4 is 10.7 Å². The van der Waals surface area contributed by atoms with Crippen LogP contribution in [0.5, 0.6) is 0 Å². The maximum absolute atomic E-state index is 4.97. The summed E-state index contributed by atoms with van der Waals surface area (Å²) in [5, 5.41) is 7.54. The van der Waals surface area contributed by atoms with E-state index in [1.54, 1.807) is 6.21 Å². The molecule has 0 bridgehead atoms. The molecule has 0 saturated carbocycles. The summed E-state index contributed by atoms with van der Waals surface area (Å²) in [5.74, 6) is 0. The normalized spacial score (nSPS) is 10.5. The number of hydrogen-bond acceptors (Lipinski definition) is 2. The van der Waals surface area contributed by atoms with E-state index in [1.807, 2.05) is 25.3 Å². The summed E-state index contributed by atoms with van der Waals surface area (Å²) in [6.07, 6.45) is 3.77. The van der Waals surface area contributed by atoms with E-state index in [4.69, 9.17) is 12.2 Å². The van der Waals surface area contributed by atoms with Crippen LogP contribution in [0.1, 0.15) is 19.5 Å². The topological polar surface area (TPSA) is 41.4 Å². The van der Waals surface area contributed by atoms with E-state index >= 15 is 0 Å². The van der Waals surface area contributed by atoms with Gasteiger partial charge in [-0.25, -0.2) is 0 Å². The zero-order valence-electron chi connectivity index (χ0n) is 9.03. The number of aromatic nitrogens is 1. The minimum Gasteiger partial charge on any atom is -0.362 e. The first-order chi connectivity index (χ1) is 7.27. The molecule has 0 aliphatic carbocycles. The molecule has 0 spiro atoms. The molecule has 1 aromatic rings. The van der Waals surface area contributed by atoms with Gasteiger partial charge in [-0.1, -0.05) is 0 Å². The first-order valence-corrected chi connectivity index (χ1v) is 5.40. The molecule has 0 amide bonds. The van der Waals surface area contributed by atoms with Crippen LogP contribution in [-0.4, -0.2) is 22.4 Å². The zero-order chi connectivity index (χ0) is 11.1. The lowest BCUT2D eigenvalue weighted by Gasteiger charge is -2.03. The summed E-state index contributed by atoms with van der Waals surface area (Å²) in [4.78, 5) is 0. The standard InChI is InChI=1S/C10H16N4S/c1-3-11-10(15)13-12-8-9-6-5-7-14(9)4-2/h5-8H,3-4H2,1-2H3,(H2,11,13,15)/b12-8-. The Balaban J connectivity index is 2.47. The van der Waals surface area contributed by atoms with Crippen LogP contribution in [-0.2, 0) is 6.54 Å². The molecule has 0 aromatic carbocycles. The van der Waals surface area contributed by atoms with Gasteiger partial charge in [0.05, 0.1) is 11.9 Å². The van der Waals surface area contributed by atoms with E-state index in [9.17, 15) is 0 Å². The second-order valence-electron chi connectivity index (χ2n) is 2.95. The van der Waals surface area contributed by atoms with Gasteiger partial charge in [-0.2, -0.15) is 5.10 Å². The highest BCUT2D eigenvalue weighted by molar-refractivity contribution is 7.80. The third kappa shape index (κ3) is 3.71. The molecule has 0 unspecified atom stereocenters. The molecule has 0 radical (unpaired) electrons. The van der Waals surface area contributed by atoms with Crippen molar-refractivity contribution in [2.75, 3.05) is 6.54 Å². The molecule has 2 N–H and O–H groups in total.